The molecule has 0 radical (unpaired) electrons. The molecule has 1 unspecified atom stereocenters. The van der Waals surface area contributed by atoms with E-state index in [1.165, 1.54) is 11.1 Å². The Labute approximate surface area is 141 Å². The van der Waals surface area contributed by atoms with Crippen molar-refractivity contribution in [3.8, 4) is 5.75 Å². The van der Waals surface area contributed by atoms with Gasteiger partial charge in [0.15, 0.2) is 0 Å². The molecule has 1 atom stereocenters. The summed E-state index contributed by atoms with van der Waals surface area (Å²) in [5.74, 6) is 0.877. The van der Waals surface area contributed by atoms with Crippen molar-refractivity contribution in [1.82, 2.24) is 0 Å². The zero-order chi connectivity index (χ0) is 14.5. The highest BCUT2D eigenvalue weighted by atomic mass is 79.9. The van der Waals surface area contributed by atoms with E-state index in [2.05, 4.69) is 56.1 Å². The van der Waals surface area contributed by atoms with Crippen LogP contribution in [0.2, 0.25) is 5.02 Å². The monoisotopic (exact) mass is 416 g/mol. The molecule has 0 saturated carbocycles. The fraction of sp³-hybridized carbons (Fsp3) is 0.250. The second-order valence-corrected chi connectivity index (χ2v) is 6.82. The normalized spacial score (nSPS) is 12.2. The van der Waals surface area contributed by atoms with Crippen LogP contribution >= 0.6 is 43.5 Å². The van der Waals surface area contributed by atoms with Crippen LogP contribution in [0.3, 0.4) is 0 Å². The summed E-state index contributed by atoms with van der Waals surface area (Å²) in [5, 5.41) is 0.767. The maximum Gasteiger partial charge on any atom is 0.133 e. The first-order chi connectivity index (χ1) is 9.60. The lowest BCUT2D eigenvalue weighted by molar-refractivity contribution is 0.338. The number of halogens is 3. The van der Waals surface area contributed by atoms with Crippen LogP contribution in [0.1, 0.15) is 22.9 Å². The highest BCUT2D eigenvalue weighted by Crippen LogP contribution is 2.33. The Kier molecular flexibility index (Phi) is 5.94. The van der Waals surface area contributed by atoms with E-state index >= 15 is 0 Å². The second kappa shape index (κ2) is 7.48. The molecule has 0 saturated heterocycles. The zero-order valence-corrected chi connectivity index (χ0v) is 15.0. The maximum absolute atomic E-state index is 5.90. The summed E-state index contributed by atoms with van der Waals surface area (Å²) in [7, 11) is 0. The predicted molar refractivity (Wildman–Crippen MR) is 92.1 cm³/mol. The van der Waals surface area contributed by atoms with Gasteiger partial charge in [-0.05, 0) is 64.7 Å². The van der Waals surface area contributed by atoms with Gasteiger partial charge in [-0.25, -0.2) is 0 Å². The molecule has 0 aliphatic heterocycles. The van der Waals surface area contributed by atoms with Gasteiger partial charge in [0, 0.05) is 9.85 Å². The molecule has 0 aliphatic rings. The summed E-state index contributed by atoms with van der Waals surface area (Å²) in [5.41, 5.74) is 2.47. The van der Waals surface area contributed by atoms with E-state index < -0.39 is 0 Å². The average Bonchev–Trinajstić information content (AvgIpc) is 2.44. The fourth-order valence-corrected chi connectivity index (χ4v) is 3.23. The molecule has 1 nitrogen and oxygen atoms in total. The van der Waals surface area contributed by atoms with E-state index in [0.717, 1.165) is 21.7 Å². The molecule has 0 fully saturated rings. The molecule has 0 aromatic heterocycles. The van der Waals surface area contributed by atoms with Gasteiger partial charge in [-0.15, -0.1) is 0 Å². The number of ether oxygens (including phenoxy) is 1. The van der Waals surface area contributed by atoms with Gasteiger partial charge in [-0.2, -0.15) is 0 Å². The third-order valence-electron chi connectivity index (χ3n) is 2.95. The van der Waals surface area contributed by atoms with Gasteiger partial charge in [0.25, 0.3) is 0 Å². The van der Waals surface area contributed by atoms with Gasteiger partial charge in [0.2, 0.25) is 0 Å². The first-order valence-electron chi connectivity index (χ1n) is 6.41. The van der Waals surface area contributed by atoms with Gasteiger partial charge in [-0.3, -0.25) is 0 Å². The third-order valence-corrected chi connectivity index (χ3v) is 4.67. The van der Waals surface area contributed by atoms with Gasteiger partial charge < -0.3 is 4.74 Å². The molecule has 0 aliphatic carbocycles. The molecule has 2 aromatic rings. The second-order valence-electron chi connectivity index (χ2n) is 4.42. The first kappa shape index (κ1) is 15.9. The molecule has 0 N–H and O–H groups in total. The Morgan fingerprint density at radius 1 is 1.15 bits per heavy atom. The molecule has 20 heavy (non-hydrogen) atoms. The Bertz CT molecular complexity index is 569. The van der Waals surface area contributed by atoms with E-state index in [-0.39, 0.29) is 4.83 Å². The smallest absolute Gasteiger partial charge is 0.133 e. The Balaban J connectivity index is 2.10. The molecule has 2 rings (SSSR count). The van der Waals surface area contributed by atoms with Crippen LogP contribution in [0.5, 0.6) is 5.75 Å². The Morgan fingerprint density at radius 2 is 1.85 bits per heavy atom. The minimum absolute atomic E-state index is 0.260. The van der Waals surface area contributed by atoms with Crippen molar-refractivity contribution in [3.63, 3.8) is 0 Å². The topological polar surface area (TPSA) is 9.23 Å². The fourth-order valence-electron chi connectivity index (χ4n) is 1.93. The lowest BCUT2D eigenvalue weighted by atomic mass is 10.0. The Morgan fingerprint density at radius 3 is 2.45 bits per heavy atom. The molecular weight excluding hydrogens is 403 g/mol. The van der Waals surface area contributed by atoms with Gasteiger partial charge in [0.1, 0.15) is 5.75 Å². The van der Waals surface area contributed by atoms with Crippen molar-refractivity contribution < 1.29 is 4.74 Å². The van der Waals surface area contributed by atoms with Crippen molar-refractivity contribution >= 4 is 43.5 Å². The SMILES string of the molecule is CCOc1ccc(C(Br)Cc2ccc(Cl)cc2)cc1Br. The summed E-state index contributed by atoms with van der Waals surface area (Å²) in [6, 6.07) is 14.1. The van der Waals surface area contributed by atoms with Crippen molar-refractivity contribution in [2.75, 3.05) is 6.61 Å². The van der Waals surface area contributed by atoms with E-state index in [0.29, 0.717) is 6.61 Å². The summed E-state index contributed by atoms with van der Waals surface area (Å²) in [6.45, 7) is 2.65. The number of alkyl halides is 1. The molecule has 0 bridgehead atoms. The van der Waals surface area contributed by atoms with E-state index in [1.807, 2.05) is 25.1 Å². The van der Waals surface area contributed by atoms with Crippen LogP contribution in [0, 0.1) is 0 Å². The van der Waals surface area contributed by atoms with E-state index in [4.69, 9.17) is 16.3 Å². The van der Waals surface area contributed by atoms with Crippen molar-refractivity contribution in [2.24, 2.45) is 0 Å². The maximum atomic E-state index is 5.90. The largest absolute Gasteiger partial charge is 0.493 e. The summed E-state index contributed by atoms with van der Waals surface area (Å²) < 4.78 is 6.51. The Hall–Kier alpha value is -0.510. The molecular formula is C16H15Br2ClO. The van der Waals surface area contributed by atoms with Crippen LogP contribution in [0.4, 0.5) is 0 Å². The molecule has 0 amide bonds. The quantitative estimate of drug-likeness (QED) is 0.527. The highest BCUT2D eigenvalue weighted by molar-refractivity contribution is 9.10. The van der Waals surface area contributed by atoms with Crippen LogP contribution in [-0.4, -0.2) is 6.61 Å². The lowest BCUT2D eigenvalue weighted by Gasteiger charge is -2.13. The van der Waals surface area contributed by atoms with Crippen LogP contribution in [-0.2, 0) is 6.42 Å². The van der Waals surface area contributed by atoms with Crippen LogP contribution in [0.25, 0.3) is 0 Å². The summed E-state index contributed by atoms with van der Waals surface area (Å²) in [4.78, 5) is 0.260. The minimum atomic E-state index is 0.260. The predicted octanol–water partition coefficient (Wildman–Crippen LogP) is 6.18. The average molecular weight is 419 g/mol. The molecule has 0 spiro atoms. The number of rotatable bonds is 5. The van der Waals surface area contributed by atoms with Crippen molar-refractivity contribution in [3.05, 3.63) is 63.1 Å². The van der Waals surface area contributed by atoms with Crippen LogP contribution in [0.15, 0.2) is 46.9 Å². The number of hydrogen-bond acceptors (Lipinski definition) is 1. The van der Waals surface area contributed by atoms with Gasteiger partial charge >= 0.3 is 0 Å². The molecule has 2 aromatic carbocycles. The van der Waals surface area contributed by atoms with E-state index in [9.17, 15) is 0 Å². The summed E-state index contributed by atoms with van der Waals surface area (Å²) >= 11 is 13.2. The number of hydrogen-bond donors (Lipinski definition) is 0. The lowest BCUT2D eigenvalue weighted by Crippen LogP contribution is -1.97. The molecule has 106 valence electrons. The van der Waals surface area contributed by atoms with Crippen molar-refractivity contribution in [1.29, 1.82) is 0 Å². The van der Waals surface area contributed by atoms with Crippen molar-refractivity contribution in [2.45, 2.75) is 18.2 Å². The summed E-state index contributed by atoms with van der Waals surface area (Å²) in [6.07, 6.45) is 0.914. The van der Waals surface area contributed by atoms with Crippen LogP contribution < -0.4 is 4.74 Å². The zero-order valence-electron chi connectivity index (χ0n) is 11.1. The first-order valence-corrected chi connectivity index (χ1v) is 8.49. The highest BCUT2D eigenvalue weighted by Gasteiger charge is 2.11. The van der Waals surface area contributed by atoms with Gasteiger partial charge in [0.05, 0.1) is 11.1 Å². The minimum Gasteiger partial charge on any atom is -0.493 e. The molecule has 0 heterocycles. The van der Waals surface area contributed by atoms with Gasteiger partial charge in [-0.1, -0.05) is 45.7 Å². The number of benzene rings is 2. The van der Waals surface area contributed by atoms with E-state index in [1.54, 1.807) is 0 Å². The standard InChI is InChI=1S/C16H15Br2ClO/c1-2-20-16-8-5-12(10-15(16)18)14(17)9-11-3-6-13(19)7-4-11/h3-8,10,14H,2,9H2,1H3. The molecule has 4 heteroatoms. The third kappa shape index (κ3) is 4.24.